The van der Waals surface area contributed by atoms with E-state index in [9.17, 15) is 9.90 Å². The van der Waals surface area contributed by atoms with Gasteiger partial charge in [0.15, 0.2) is 0 Å². The third-order valence-electron chi connectivity index (χ3n) is 2.34. The van der Waals surface area contributed by atoms with Crippen LogP contribution in [0.5, 0.6) is 0 Å². The molecule has 3 nitrogen and oxygen atoms in total. The third kappa shape index (κ3) is 5.64. The van der Waals surface area contributed by atoms with Crippen LogP contribution in [-0.2, 0) is 4.79 Å². The van der Waals surface area contributed by atoms with Gasteiger partial charge in [0.2, 0.25) is 0 Å². The molecule has 0 bridgehead atoms. The zero-order valence-corrected chi connectivity index (χ0v) is 7.97. The molecule has 0 heterocycles. The van der Waals surface area contributed by atoms with Crippen LogP contribution in [0.15, 0.2) is 0 Å². The highest BCUT2D eigenvalue weighted by Gasteiger charge is 2.31. The van der Waals surface area contributed by atoms with Crippen molar-refractivity contribution < 1.29 is 14.4 Å². The van der Waals surface area contributed by atoms with E-state index in [1.165, 1.54) is 0 Å². The molecule has 0 spiro atoms. The first-order valence-electron chi connectivity index (χ1n) is 3.70. The van der Waals surface area contributed by atoms with E-state index in [1.807, 2.05) is 34.9 Å². The Bertz CT molecular complexity index is 157. The number of carbonyl (C=O) groups is 1. The number of hydrogen-bond donors (Lipinski definition) is 0. The summed E-state index contributed by atoms with van der Waals surface area (Å²) in [4.78, 5) is 10.3. The zero-order chi connectivity index (χ0) is 9.28. The molecule has 0 atom stereocenters. The lowest BCUT2D eigenvalue weighted by Gasteiger charge is -2.42. The number of carbonyl (C=O) groups excluding carboxylic acids is 1. The SMILES string of the molecule is C.C.CC(C)(C)[N+](C)(C)CC(=O)[O-]. The number of carboxylic acid groups (broad SMARTS) is 1. The van der Waals surface area contributed by atoms with Crippen LogP contribution in [0.25, 0.3) is 0 Å². The lowest BCUT2D eigenvalue weighted by molar-refractivity contribution is -0.930. The van der Waals surface area contributed by atoms with Gasteiger partial charge in [-0.25, -0.2) is 0 Å². The molecule has 0 unspecified atom stereocenters. The van der Waals surface area contributed by atoms with Crippen LogP contribution in [0.2, 0.25) is 0 Å². The summed E-state index contributed by atoms with van der Waals surface area (Å²) in [5.74, 6) is -0.995. The Morgan fingerprint density at radius 3 is 1.62 bits per heavy atom. The van der Waals surface area contributed by atoms with Gasteiger partial charge in [-0.05, 0) is 20.8 Å². The molecule has 0 aliphatic rings. The third-order valence-corrected chi connectivity index (χ3v) is 2.34. The Labute approximate surface area is 83.0 Å². The number of nitrogens with zero attached hydrogens (tertiary/aromatic N) is 1. The second-order valence-corrected chi connectivity index (χ2v) is 4.39. The van der Waals surface area contributed by atoms with Gasteiger partial charge in [0.1, 0.15) is 6.54 Å². The molecule has 0 aromatic rings. The van der Waals surface area contributed by atoms with Crippen molar-refractivity contribution in [2.24, 2.45) is 0 Å². The van der Waals surface area contributed by atoms with Crippen LogP contribution in [0.1, 0.15) is 35.6 Å². The summed E-state index contributed by atoms with van der Waals surface area (Å²) in [5, 5.41) is 10.3. The molecular formula is C10H25NO2. The Balaban J connectivity index is -0.000000500. The van der Waals surface area contributed by atoms with Gasteiger partial charge in [0.05, 0.1) is 25.6 Å². The molecule has 0 saturated heterocycles. The van der Waals surface area contributed by atoms with Crippen LogP contribution in [0.4, 0.5) is 0 Å². The van der Waals surface area contributed by atoms with E-state index in [0.29, 0.717) is 4.48 Å². The maximum Gasteiger partial charge on any atom is 0.119 e. The number of likely N-dealkylation sites (N-methyl/N-ethyl adjacent to an activating group) is 1. The molecule has 82 valence electrons. The van der Waals surface area contributed by atoms with E-state index in [-0.39, 0.29) is 26.9 Å². The van der Waals surface area contributed by atoms with Crippen molar-refractivity contribution in [3.63, 3.8) is 0 Å². The lowest BCUT2D eigenvalue weighted by Crippen LogP contribution is -2.58. The topological polar surface area (TPSA) is 40.1 Å². The molecule has 0 N–H and O–H groups in total. The summed E-state index contributed by atoms with van der Waals surface area (Å²) in [6.07, 6.45) is 0. The van der Waals surface area contributed by atoms with Gasteiger partial charge in [-0.1, -0.05) is 14.9 Å². The van der Waals surface area contributed by atoms with Crippen LogP contribution in [0.3, 0.4) is 0 Å². The molecule has 0 saturated carbocycles. The van der Waals surface area contributed by atoms with E-state index >= 15 is 0 Å². The van der Waals surface area contributed by atoms with Gasteiger partial charge < -0.3 is 14.4 Å². The quantitative estimate of drug-likeness (QED) is 0.608. The van der Waals surface area contributed by atoms with Crippen LogP contribution < -0.4 is 5.11 Å². The Kier molecular flexibility index (Phi) is 7.34. The van der Waals surface area contributed by atoms with Crippen molar-refractivity contribution in [2.75, 3.05) is 20.6 Å². The van der Waals surface area contributed by atoms with E-state index in [4.69, 9.17) is 0 Å². The number of hydrogen-bond acceptors (Lipinski definition) is 2. The van der Waals surface area contributed by atoms with Crippen molar-refractivity contribution in [1.29, 1.82) is 0 Å². The first-order valence-corrected chi connectivity index (χ1v) is 3.70. The second kappa shape index (κ2) is 5.22. The first kappa shape index (κ1) is 18.3. The van der Waals surface area contributed by atoms with Crippen LogP contribution in [-0.4, -0.2) is 36.6 Å². The van der Waals surface area contributed by atoms with E-state index in [1.54, 1.807) is 0 Å². The van der Waals surface area contributed by atoms with Crippen molar-refractivity contribution in [3.05, 3.63) is 0 Å². The fourth-order valence-corrected chi connectivity index (χ4v) is 0.560. The van der Waals surface area contributed by atoms with Gasteiger partial charge in [-0.3, -0.25) is 0 Å². The standard InChI is InChI=1S/C8H17NO2.2CH4/c1-8(2,3)9(4,5)6-7(10)11;;/h6H2,1-5H3;2*1H4. The predicted molar refractivity (Wildman–Crippen MR) is 55.2 cm³/mol. The molecule has 3 heteroatoms. The highest BCUT2D eigenvalue weighted by atomic mass is 16.4. The summed E-state index contributed by atoms with van der Waals surface area (Å²) >= 11 is 0. The average Bonchev–Trinajstić information content (AvgIpc) is 1.56. The fourth-order valence-electron chi connectivity index (χ4n) is 0.560. The Morgan fingerprint density at radius 2 is 1.54 bits per heavy atom. The molecule has 0 aromatic carbocycles. The van der Waals surface area contributed by atoms with E-state index in [2.05, 4.69) is 0 Å². The summed E-state index contributed by atoms with van der Waals surface area (Å²) in [7, 11) is 3.77. The highest BCUT2D eigenvalue weighted by Crippen LogP contribution is 2.17. The minimum absolute atomic E-state index is 0. The van der Waals surface area contributed by atoms with Gasteiger partial charge in [0.25, 0.3) is 0 Å². The van der Waals surface area contributed by atoms with Gasteiger partial charge in [-0.2, -0.15) is 0 Å². The zero-order valence-electron chi connectivity index (χ0n) is 7.97. The Morgan fingerprint density at radius 1 is 1.23 bits per heavy atom. The van der Waals surface area contributed by atoms with Crippen molar-refractivity contribution >= 4 is 5.97 Å². The molecule has 13 heavy (non-hydrogen) atoms. The molecule has 0 aliphatic carbocycles. The van der Waals surface area contributed by atoms with Crippen molar-refractivity contribution in [1.82, 2.24) is 0 Å². The Hall–Kier alpha value is -0.570. The summed E-state index contributed by atoms with van der Waals surface area (Å²) in [5.41, 5.74) is -0.0555. The lowest BCUT2D eigenvalue weighted by atomic mass is 10.0. The van der Waals surface area contributed by atoms with Crippen LogP contribution in [0, 0.1) is 0 Å². The minimum atomic E-state index is -0.995. The second-order valence-electron chi connectivity index (χ2n) is 4.39. The fraction of sp³-hybridized carbons (Fsp3) is 0.900. The summed E-state index contributed by atoms with van der Waals surface area (Å²) in [6, 6.07) is 0. The molecule has 0 radical (unpaired) electrons. The average molecular weight is 191 g/mol. The maximum atomic E-state index is 10.3. The van der Waals surface area contributed by atoms with E-state index in [0.717, 1.165) is 0 Å². The molecule has 0 aliphatic heterocycles. The van der Waals surface area contributed by atoms with Crippen molar-refractivity contribution in [3.8, 4) is 0 Å². The molecule has 0 fully saturated rings. The molecular weight excluding hydrogens is 166 g/mol. The van der Waals surface area contributed by atoms with Gasteiger partial charge in [0, 0.05) is 0 Å². The molecule has 0 amide bonds. The predicted octanol–water partition coefficient (Wildman–Crippen LogP) is 0.883. The molecule has 0 rings (SSSR count). The normalized spacial score (nSPS) is 11.2. The first-order chi connectivity index (χ1) is 4.67. The summed E-state index contributed by atoms with van der Waals surface area (Å²) in [6.45, 7) is 6.09. The van der Waals surface area contributed by atoms with Crippen LogP contribution >= 0.6 is 0 Å². The number of aliphatic carboxylic acids is 1. The van der Waals surface area contributed by atoms with Gasteiger partial charge in [-0.15, -0.1) is 0 Å². The molecule has 0 aromatic heterocycles. The maximum absolute atomic E-state index is 10.3. The monoisotopic (exact) mass is 191 g/mol. The summed E-state index contributed by atoms with van der Waals surface area (Å²) < 4.78 is 0.440. The number of quaternary nitrogens is 1. The smallest absolute Gasteiger partial charge is 0.119 e. The van der Waals surface area contributed by atoms with Crippen molar-refractivity contribution in [2.45, 2.75) is 41.2 Å². The number of carboxylic acids is 1. The highest BCUT2D eigenvalue weighted by molar-refractivity contribution is 5.65. The number of rotatable bonds is 2. The largest absolute Gasteiger partial charge is 0.544 e. The van der Waals surface area contributed by atoms with E-state index < -0.39 is 5.97 Å². The minimum Gasteiger partial charge on any atom is -0.544 e. The van der Waals surface area contributed by atoms with Gasteiger partial charge >= 0.3 is 0 Å².